The Kier molecular flexibility index (Phi) is 6.70. The largest absolute Gasteiger partial charge is 1.00 e. The van der Waals surface area contributed by atoms with Crippen LogP contribution in [0.1, 0.15) is 43.9 Å². The normalized spacial score (nSPS) is 13.1. The third-order valence-electron chi connectivity index (χ3n) is 3.14. The maximum Gasteiger partial charge on any atom is 1.00 e. The van der Waals surface area contributed by atoms with Crippen molar-refractivity contribution in [1.29, 1.82) is 0 Å². The van der Waals surface area contributed by atoms with Crippen molar-refractivity contribution in [3.05, 3.63) is 5.32 Å². The zero-order chi connectivity index (χ0) is 12.9. The van der Waals surface area contributed by atoms with E-state index >= 15 is 0 Å². The summed E-state index contributed by atoms with van der Waals surface area (Å²) in [6.07, 6.45) is 0.668. The van der Waals surface area contributed by atoms with Crippen molar-refractivity contribution in [2.45, 2.75) is 45.8 Å². The molecule has 0 saturated carbocycles. The van der Waals surface area contributed by atoms with Gasteiger partial charge >= 0.3 is 2.85 Å². The Balaban J connectivity index is -0.000000152. The summed E-state index contributed by atoms with van der Waals surface area (Å²) in [7, 11) is -0.722. The van der Waals surface area contributed by atoms with Crippen LogP contribution in [0.2, 0.25) is 0 Å². The first-order valence-electron chi connectivity index (χ1n) is 4.91. The average Bonchev–Trinajstić information content (AvgIpc) is 2.03. The van der Waals surface area contributed by atoms with Crippen molar-refractivity contribution in [1.82, 2.24) is 0 Å². The van der Waals surface area contributed by atoms with E-state index < -0.39 is 20.3 Å². The second-order valence-electron chi connectivity index (χ2n) is 4.65. The van der Waals surface area contributed by atoms with Crippen molar-refractivity contribution < 1.29 is 15.8 Å². The Morgan fingerprint density at radius 2 is 1.47 bits per heavy atom. The van der Waals surface area contributed by atoms with E-state index in [-0.39, 0.29) is 2.85 Å². The van der Waals surface area contributed by atoms with Crippen LogP contribution in [-0.2, 0) is 10.1 Å². The van der Waals surface area contributed by atoms with Crippen LogP contribution in [0.25, 0.3) is 5.32 Å². The van der Waals surface area contributed by atoms with Gasteiger partial charge in [0.2, 0.25) is 0 Å². The van der Waals surface area contributed by atoms with E-state index in [2.05, 4.69) is 5.32 Å². The summed E-state index contributed by atoms with van der Waals surface area (Å²) >= 11 is 0. The third-order valence-corrected chi connectivity index (χ3v) is 4.94. The highest BCUT2D eigenvalue weighted by Crippen LogP contribution is 2.38. The molecule has 0 aliphatic carbocycles. The van der Waals surface area contributed by atoms with E-state index in [4.69, 9.17) is 0 Å². The van der Waals surface area contributed by atoms with Crippen molar-refractivity contribution in [2.24, 2.45) is 5.41 Å². The zero-order valence-corrected chi connectivity index (χ0v) is 11.6. The van der Waals surface area contributed by atoms with Gasteiger partial charge in [-0.3, -0.25) is 0 Å². The van der Waals surface area contributed by atoms with Crippen molar-refractivity contribution >= 4 is 10.1 Å². The summed E-state index contributed by atoms with van der Waals surface area (Å²) in [4.78, 5) is 0. The van der Waals surface area contributed by atoms with Gasteiger partial charge in [-0.25, -0.2) is 8.42 Å². The average molecular weight is 243 g/mol. The molecule has 15 heavy (non-hydrogen) atoms. The lowest BCUT2D eigenvalue weighted by Gasteiger charge is -2.42. The molecule has 0 rings (SSSR count). The summed E-state index contributed by atoms with van der Waals surface area (Å²) in [6.45, 7) is 8.44. The molecule has 0 atom stereocenters. The lowest BCUT2D eigenvalue weighted by atomic mass is 9.78. The predicted molar refractivity (Wildman–Crippen MR) is 65.3 cm³/mol. The van der Waals surface area contributed by atoms with Crippen LogP contribution in [0.3, 0.4) is 0 Å². The minimum atomic E-state index is -4.22. The smallest absolute Gasteiger partial charge is 0.748 e. The molecule has 4 nitrogen and oxygen atoms in total. The fourth-order valence-corrected chi connectivity index (χ4v) is 1.59. The first-order valence-corrected chi connectivity index (χ1v) is 6.32. The van der Waals surface area contributed by atoms with Crippen molar-refractivity contribution in [3.63, 3.8) is 0 Å². The molecule has 0 bridgehead atoms. The highest BCUT2D eigenvalue weighted by molar-refractivity contribution is 7.87. The number of rotatable bonds is 3. The molecule has 0 aromatic heterocycles. The van der Waals surface area contributed by atoms with Crippen LogP contribution in [0.5, 0.6) is 0 Å². The van der Waals surface area contributed by atoms with Crippen LogP contribution >= 0.6 is 0 Å². The van der Waals surface area contributed by atoms with Crippen LogP contribution in [0, 0.1) is 5.41 Å². The highest BCUT2D eigenvalue weighted by Gasteiger charge is 2.40. The SMILES string of the molecule is CCC(C)(C)C(C)(C)S(=O)(=O)[O-].C[N-]C.[3H+].[3H+]. The zero-order valence-electron chi connectivity index (χ0n) is 12.8. The Morgan fingerprint density at radius 1 is 1.20 bits per heavy atom. The van der Waals surface area contributed by atoms with Gasteiger partial charge in [-0.1, -0.05) is 20.8 Å². The van der Waals surface area contributed by atoms with Gasteiger partial charge in [-0.15, -0.1) is 0 Å². The predicted octanol–water partition coefficient (Wildman–Crippen LogP) is 2.59. The number of hydrogen-bond donors (Lipinski definition) is 0. The third kappa shape index (κ3) is 4.49. The lowest BCUT2D eigenvalue weighted by molar-refractivity contribution is 0.241. The second-order valence-corrected chi connectivity index (χ2v) is 6.58. The first-order chi connectivity index (χ1) is 6.47. The minimum Gasteiger partial charge on any atom is -0.748 e. The Morgan fingerprint density at radius 3 is 1.53 bits per heavy atom. The van der Waals surface area contributed by atoms with Crippen molar-refractivity contribution in [3.8, 4) is 0 Å². The molecular formula is C10H25NO3S. The van der Waals surface area contributed by atoms with Gasteiger partial charge in [0.25, 0.3) is 0 Å². The van der Waals surface area contributed by atoms with Gasteiger partial charge in [0, 0.05) is 0 Å². The molecule has 0 spiro atoms. The standard InChI is InChI=1S/C8H18O3S.C2H6N/c1-6-7(2,3)8(4,5)12(9,10)11;1-3-2/h6H2,1-5H3,(H,9,10,11);1-2H3/q;-1/p+1/i/hT2. The monoisotopic (exact) mass is 243 g/mol. The number of nitrogens with zero attached hydrogens (tertiary/aromatic N) is 1. The summed E-state index contributed by atoms with van der Waals surface area (Å²) < 4.78 is 31.5. The van der Waals surface area contributed by atoms with Crippen LogP contribution in [0.15, 0.2) is 0 Å². The van der Waals surface area contributed by atoms with Gasteiger partial charge in [-0.2, -0.15) is 14.1 Å². The summed E-state index contributed by atoms with van der Waals surface area (Å²) in [5, 5.41) is 3.50. The van der Waals surface area contributed by atoms with E-state index in [1.54, 1.807) is 27.9 Å². The maximum absolute atomic E-state index is 10.9. The fourth-order valence-electron chi connectivity index (χ4n) is 0.764. The number of hydrogen-bond acceptors (Lipinski definition) is 3. The summed E-state index contributed by atoms with van der Waals surface area (Å²) in [5.41, 5.74) is -0.479. The van der Waals surface area contributed by atoms with Gasteiger partial charge in [-0.05, 0) is 25.7 Å². The van der Waals surface area contributed by atoms with Crippen LogP contribution in [0.4, 0.5) is 0 Å². The molecule has 0 heterocycles. The van der Waals surface area contributed by atoms with Crippen LogP contribution in [-0.4, -0.2) is 31.8 Å². The topological polar surface area (TPSA) is 71.3 Å². The second kappa shape index (κ2) is 5.82. The van der Waals surface area contributed by atoms with E-state index in [0.29, 0.717) is 6.42 Å². The highest BCUT2D eigenvalue weighted by atomic mass is 32.2. The van der Waals surface area contributed by atoms with Crippen molar-refractivity contribution in [2.75, 3.05) is 14.1 Å². The molecule has 0 saturated heterocycles. The van der Waals surface area contributed by atoms with E-state index in [0.717, 1.165) is 0 Å². The summed E-state index contributed by atoms with van der Waals surface area (Å²) in [5.74, 6) is 0. The molecule has 0 aromatic rings. The Bertz CT molecular complexity index is 277. The van der Waals surface area contributed by atoms with Gasteiger partial charge in [0.15, 0.2) is 0 Å². The molecule has 0 radical (unpaired) electrons. The molecular weight excluding hydrogens is 214 g/mol. The molecule has 5 heteroatoms. The van der Waals surface area contributed by atoms with Gasteiger partial charge in [0.05, 0.1) is 4.75 Å². The molecule has 0 unspecified atom stereocenters. The molecule has 0 aliphatic heterocycles. The maximum atomic E-state index is 10.9. The minimum absolute atomic E-state index is 0. The molecule has 94 valence electrons. The first kappa shape index (κ1) is 17.3. The van der Waals surface area contributed by atoms with E-state index in [1.807, 2.05) is 6.92 Å². The van der Waals surface area contributed by atoms with Crippen LogP contribution < -0.4 is 0 Å². The summed E-state index contributed by atoms with van der Waals surface area (Å²) in [6, 6.07) is 0. The molecule has 0 fully saturated rings. The lowest BCUT2D eigenvalue weighted by Crippen LogP contribution is -2.45. The molecule has 0 N–H and O–H groups in total. The Hall–Kier alpha value is -0.130. The van der Waals surface area contributed by atoms with E-state index in [9.17, 15) is 13.0 Å². The Labute approximate surface area is 97.2 Å². The fraction of sp³-hybridized carbons (Fsp3) is 1.00. The van der Waals surface area contributed by atoms with Gasteiger partial charge in [0.1, 0.15) is 10.1 Å². The molecule has 0 aliphatic rings. The molecule has 0 aromatic carbocycles. The molecule has 0 amide bonds. The quantitative estimate of drug-likeness (QED) is 0.715. The van der Waals surface area contributed by atoms with E-state index in [1.165, 1.54) is 13.8 Å². The van der Waals surface area contributed by atoms with Gasteiger partial charge < -0.3 is 9.87 Å².